The Morgan fingerprint density at radius 3 is 1.93 bits per heavy atom. The summed E-state index contributed by atoms with van der Waals surface area (Å²) in [6.07, 6.45) is 2.82. The van der Waals surface area contributed by atoms with Gasteiger partial charge in [0.15, 0.2) is 12.4 Å². The molecule has 8 nitrogen and oxygen atoms in total. The number of benzene rings is 3. The molecule has 0 aromatic heterocycles. The summed E-state index contributed by atoms with van der Waals surface area (Å²) in [4.78, 5) is 46.4. The Hall–Kier alpha value is -5.42. The molecule has 0 spiro atoms. The highest BCUT2D eigenvalue weighted by molar-refractivity contribution is 5.90. The van der Waals surface area contributed by atoms with Gasteiger partial charge in [-0.15, -0.1) is 0 Å². The van der Waals surface area contributed by atoms with Crippen LogP contribution in [0, 0.1) is 11.8 Å². The lowest BCUT2D eigenvalue weighted by Crippen LogP contribution is -2.12. The Labute approximate surface area is 231 Å². The molecule has 40 heavy (non-hydrogen) atoms. The highest BCUT2D eigenvalue weighted by Gasteiger charge is 2.10. The number of carbonyl (C=O) groups excluding carboxylic acids is 4. The molecule has 0 bridgehead atoms. The summed E-state index contributed by atoms with van der Waals surface area (Å²) in [5, 5.41) is 0. The van der Waals surface area contributed by atoms with Gasteiger partial charge in [0.05, 0.1) is 5.56 Å². The van der Waals surface area contributed by atoms with Crippen LogP contribution in [0.4, 0.5) is 0 Å². The van der Waals surface area contributed by atoms with E-state index < -0.39 is 24.7 Å². The van der Waals surface area contributed by atoms with Gasteiger partial charge < -0.3 is 18.9 Å². The Bertz CT molecular complexity index is 1420. The predicted octanol–water partition coefficient (Wildman–Crippen LogP) is 4.60. The third-order valence-electron chi connectivity index (χ3n) is 5.27. The maximum absolute atomic E-state index is 12.3. The highest BCUT2D eigenvalue weighted by atomic mass is 16.7. The van der Waals surface area contributed by atoms with Gasteiger partial charge in [-0.05, 0) is 78.7 Å². The van der Waals surface area contributed by atoms with Crippen LogP contribution in [0.15, 0.2) is 98.1 Å². The van der Waals surface area contributed by atoms with Crippen LogP contribution in [0.5, 0.6) is 11.5 Å². The summed E-state index contributed by atoms with van der Waals surface area (Å²) >= 11 is 0. The fourth-order valence-electron chi connectivity index (χ4n) is 3.12. The molecule has 0 aliphatic heterocycles. The zero-order chi connectivity index (χ0) is 28.7. The Balaban J connectivity index is 1.43. The van der Waals surface area contributed by atoms with Crippen molar-refractivity contribution in [2.75, 3.05) is 13.4 Å². The molecule has 0 fully saturated rings. The number of aryl methyl sites for hydroxylation is 1. The van der Waals surface area contributed by atoms with Crippen molar-refractivity contribution in [3.05, 3.63) is 120 Å². The van der Waals surface area contributed by atoms with Crippen molar-refractivity contribution in [2.45, 2.75) is 12.8 Å². The van der Waals surface area contributed by atoms with Crippen LogP contribution in [0.25, 0.3) is 0 Å². The summed E-state index contributed by atoms with van der Waals surface area (Å²) in [5.41, 5.74) is 2.78. The maximum Gasteiger partial charge on any atom is 0.341 e. The van der Waals surface area contributed by atoms with Gasteiger partial charge >= 0.3 is 17.9 Å². The molecule has 0 saturated carbocycles. The van der Waals surface area contributed by atoms with E-state index in [4.69, 9.17) is 14.2 Å². The average molecular weight is 539 g/mol. The molecule has 3 aromatic rings. The van der Waals surface area contributed by atoms with Crippen LogP contribution in [0.3, 0.4) is 0 Å². The van der Waals surface area contributed by atoms with Crippen molar-refractivity contribution >= 4 is 23.7 Å². The molecule has 202 valence electrons. The zero-order valence-electron chi connectivity index (χ0n) is 21.6. The summed E-state index contributed by atoms with van der Waals surface area (Å²) in [5.74, 6) is 5.02. The lowest BCUT2D eigenvalue weighted by atomic mass is 10.1. The van der Waals surface area contributed by atoms with Crippen molar-refractivity contribution in [2.24, 2.45) is 0 Å². The molecule has 0 amide bonds. The molecule has 0 aliphatic rings. The first-order chi connectivity index (χ1) is 19.4. The van der Waals surface area contributed by atoms with E-state index >= 15 is 0 Å². The molecule has 0 saturated heterocycles. The average Bonchev–Trinajstić information content (AvgIpc) is 2.99. The zero-order valence-corrected chi connectivity index (χ0v) is 21.6. The fraction of sp³-hybridized carbons (Fsp3) is 0.125. The summed E-state index contributed by atoms with van der Waals surface area (Å²) < 4.78 is 20.1. The second kappa shape index (κ2) is 15.1. The van der Waals surface area contributed by atoms with E-state index in [0.717, 1.165) is 22.8 Å². The van der Waals surface area contributed by atoms with Crippen molar-refractivity contribution in [3.63, 3.8) is 0 Å². The molecule has 0 atom stereocenters. The molecule has 0 heterocycles. The smallest absolute Gasteiger partial charge is 0.341 e. The van der Waals surface area contributed by atoms with Crippen LogP contribution in [-0.4, -0.2) is 37.1 Å². The van der Waals surface area contributed by atoms with Gasteiger partial charge in [-0.25, -0.2) is 9.59 Å². The molecule has 3 aromatic carbocycles. The second-order valence-electron chi connectivity index (χ2n) is 8.15. The first kappa shape index (κ1) is 29.1. The van der Waals surface area contributed by atoms with Gasteiger partial charge in [0.2, 0.25) is 6.79 Å². The molecule has 3 rings (SSSR count). The number of ether oxygens (including phenoxy) is 4. The molecular weight excluding hydrogens is 512 g/mol. The van der Waals surface area contributed by atoms with E-state index in [0.29, 0.717) is 12.2 Å². The monoisotopic (exact) mass is 538 g/mol. The van der Waals surface area contributed by atoms with Crippen LogP contribution in [-0.2, 0) is 30.3 Å². The van der Waals surface area contributed by atoms with Gasteiger partial charge in [-0.1, -0.05) is 37.1 Å². The van der Waals surface area contributed by atoms with Gasteiger partial charge in [-0.2, -0.15) is 0 Å². The fourth-order valence-corrected chi connectivity index (χ4v) is 3.12. The number of ketones is 1. The van der Waals surface area contributed by atoms with E-state index in [9.17, 15) is 19.2 Å². The first-order valence-corrected chi connectivity index (χ1v) is 12.1. The van der Waals surface area contributed by atoms with Gasteiger partial charge in [-0.3, -0.25) is 9.59 Å². The predicted molar refractivity (Wildman–Crippen MR) is 147 cm³/mol. The summed E-state index contributed by atoms with van der Waals surface area (Å²) in [6, 6.07) is 20.5. The van der Waals surface area contributed by atoms with E-state index in [1.165, 1.54) is 30.3 Å². The van der Waals surface area contributed by atoms with Crippen molar-refractivity contribution in [1.82, 2.24) is 0 Å². The Morgan fingerprint density at radius 2 is 1.32 bits per heavy atom. The normalized spacial score (nSPS) is 9.80. The minimum atomic E-state index is -0.704. The Morgan fingerprint density at radius 1 is 0.725 bits per heavy atom. The van der Waals surface area contributed by atoms with Crippen LogP contribution in [0.1, 0.15) is 33.5 Å². The highest BCUT2D eigenvalue weighted by Crippen LogP contribution is 2.15. The van der Waals surface area contributed by atoms with Crippen molar-refractivity contribution in [3.8, 4) is 23.3 Å². The maximum atomic E-state index is 12.3. The second-order valence-corrected chi connectivity index (χ2v) is 8.15. The topological polar surface area (TPSA) is 105 Å². The van der Waals surface area contributed by atoms with Crippen molar-refractivity contribution in [1.29, 1.82) is 0 Å². The molecular formula is C32H26O8. The molecule has 0 radical (unpaired) electrons. The largest absolute Gasteiger partial charge is 0.485 e. The number of rotatable bonds is 12. The van der Waals surface area contributed by atoms with E-state index in [1.807, 2.05) is 36.4 Å². The number of hydrogen-bond donors (Lipinski definition) is 0. The lowest BCUT2D eigenvalue weighted by Gasteiger charge is -2.07. The third kappa shape index (κ3) is 9.80. The number of carbonyl (C=O) groups is 4. The number of hydrogen-bond acceptors (Lipinski definition) is 8. The molecule has 8 heteroatoms. The van der Waals surface area contributed by atoms with Crippen molar-refractivity contribution < 1.29 is 38.1 Å². The third-order valence-corrected chi connectivity index (χ3v) is 5.27. The standard InChI is InChI=1S/C32H26O8/c1-3-27(33)21-37-28-16-11-25(12-17-28)10-7-23-5-8-24(9-6-23)13-20-31(35)40-29-18-14-26(15-19-29)32(36)39-22-38-30(34)4-2/h3-6,8-9,11-12,14-19H,1-2,13,20-22H2. The summed E-state index contributed by atoms with van der Waals surface area (Å²) in [7, 11) is 0. The Kier molecular flexibility index (Phi) is 11.0. The summed E-state index contributed by atoms with van der Waals surface area (Å²) in [6.45, 7) is 6.06. The SMILES string of the molecule is C=CC(=O)COc1ccc(C#Cc2ccc(CCC(=O)Oc3ccc(C(=O)OCOC(=O)C=C)cc3)cc2)cc1. The van der Waals surface area contributed by atoms with Gasteiger partial charge in [0, 0.05) is 23.6 Å². The minimum absolute atomic E-state index is 0.0527. The number of esters is 3. The quantitative estimate of drug-likeness (QED) is 0.108. The van der Waals surface area contributed by atoms with Gasteiger partial charge in [0.25, 0.3) is 0 Å². The van der Waals surface area contributed by atoms with E-state index in [1.54, 1.807) is 12.1 Å². The van der Waals surface area contributed by atoms with Gasteiger partial charge in [0.1, 0.15) is 11.5 Å². The van der Waals surface area contributed by atoms with Crippen LogP contribution < -0.4 is 9.47 Å². The van der Waals surface area contributed by atoms with E-state index in [2.05, 4.69) is 29.7 Å². The molecule has 0 unspecified atom stereocenters. The first-order valence-electron chi connectivity index (χ1n) is 12.1. The van der Waals surface area contributed by atoms with Crippen LogP contribution >= 0.6 is 0 Å². The van der Waals surface area contributed by atoms with Crippen LogP contribution in [0.2, 0.25) is 0 Å². The molecule has 0 N–H and O–H groups in total. The molecule has 0 aliphatic carbocycles. The lowest BCUT2D eigenvalue weighted by molar-refractivity contribution is -0.146. The minimum Gasteiger partial charge on any atom is -0.485 e. The van der Waals surface area contributed by atoms with E-state index in [-0.39, 0.29) is 30.1 Å².